The maximum Gasteiger partial charge on any atom is 0.241 e. The number of halogens is 5. The van der Waals surface area contributed by atoms with Crippen molar-refractivity contribution in [2.75, 3.05) is 0 Å². The fourth-order valence-electron chi connectivity index (χ4n) is 1.68. The molecule has 0 aliphatic heterocycles. The number of alkyl halides is 3. The summed E-state index contributed by atoms with van der Waals surface area (Å²) in [7, 11) is -3.90. The van der Waals surface area contributed by atoms with E-state index in [2.05, 4.69) is 4.72 Å². The first-order valence-electron chi connectivity index (χ1n) is 5.70. The van der Waals surface area contributed by atoms with Gasteiger partial charge in [0.05, 0.1) is 19.6 Å². The highest BCUT2D eigenvalue weighted by Crippen LogP contribution is 2.46. The van der Waals surface area contributed by atoms with Gasteiger partial charge in [0.15, 0.2) is 0 Å². The van der Waals surface area contributed by atoms with Crippen LogP contribution < -0.4 is 4.72 Å². The molecule has 1 aromatic heterocycles. The van der Waals surface area contributed by atoms with Crippen LogP contribution in [0.3, 0.4) is 0 Å². The molecule has 120 valence electrons. The van der Waals surface area contributed by atoms with Gasteiger partial charge in [0.2, 0.25) is 13.8 Å². The second-order valence-corrected chi connectivity index (χ2v) is 10.6. The predicted molar refractivity (Wildman–Crippen MR) is 94.1 cm³/mol. The van der Waals surface area contributed by atoms with Crippen LogP contribution in [0.2, 0.25) is 8.67 Å². The van der Waals surface area contributed by atoms with E-state index in [4.69, 9.17) is 58.0 Å². The van der Waals surface area contributed by atoms with E-state index in [1.165, 1.54) is 18.2 Å². The van der Waals surface area contributed by atoms with Crippen molar-refractivity contribution < 1.29 is 8.42 Å². The van der Waals surface area contributed by atoms with Gasteiger partial charge in [-0.25, -0.2) is 8.42 Å². The first-order valence-corrected chi connectivity index (χ1v) is 9.89. The Hall–Kier alpha value is 0.280. The summed E-state index contributed by atoms with van der Waals surface area (Å²) in [6, 6.07) is 8.02. The third-order valence-electron chi connectivity index (χ3n) is 2.65. The molecule has 1 heterocycles. The summed E-state index contributed by atoms with van der Waals surface area (Å²) in [5, 5.41) is 0. The average molecular weight is 440 g/mol. The van der Waals surface area contributed by atoms with Crippen molar-refractivity contribution in [3.63, 3.8) is 0 Å². The molecule has 2 rings (SSSR count). The number of sulfonamides is 1. The Morgan fingerprint density at radius 2 is 1.68 bits per heavy atom. The molecule has 0 bridgehead atoms. The molecule has 22 heavy (non-hydrogen) atoms. The van der Waals surface area contributed by atoms with Crippen LogP contribution in [0.4, 0.5) is 0 Å². The monoisotopic (exact) mass is 437 g/mol. The van der Waals surface area contributed by atoms with Crippen LogP contribution in [0, 0.1) is 0 Å². The molecule has 0 radical (unpaired) electrons. The van der Waals surface area contributed by atoms with Gasteiger partial charge in [0, 0.05) is 5.56 Å². The zero-order valence-corrected chi connectivity index (χ0v) is 16.0. The largest absolute Gasteiger partial charge is 0.241 e. The lowest BCUT2D eigenvalue weighted by atomic mass is 10.2. The van der Waals surface area contributed by atoms with Crippen LogP contribution in [0.15, 0.2) is 41.3 Å². The van der Waals surface area contributed by atoms with Crippen LogP contribution in [0.25, 0.3) is 0 Å². The van der Waals surface area contributed by atoms with E-state index < -0.39 is 19.9 Å². The molecule has 0 saturated heterocycles. The van der Waals surface area contributed by atoms with Crippen LogP contribution in [-0.4, -0.2) is 12.2 Å². The third-order valence-corrected chi connectivity index (χ3v) is 6.26. The van der Waals surface area contributed by atoms with E-state index in [0.29, 0.717) is 9.90 Å². The Labute approximate surface area is 157 Å². The standard InChI is InChI=1S/C12H8Cl5NO2S2/c13-9-6-8(11(14)21-9)10(12(15,16)17)18-22(19,20)7-4-2-1-3-5-7/h1-6,10,18H. The Balaban J connectivity index is 2.43. The van der Waals surface area contributed by atoms with E-state index in [0.717, 1.165) is 11.3 Å². The molecule has 0 aliphatic carbocycles. The van der Waals surface area contributed by atoms with Crippen molar-refractivity contribution in [3.8, 4) is 0 Å². The van der Waals surface area contributed by atoms with Crippen molar-refractivity contribution in [2.45, 2.75) is 14.7 Å². The van der Waals surface area contributed by atoms with Crippen molar-refractivity contribution in [1.82, 2.24) is 4.72 Å². The minimum Gasteiger partial charge on any atom is -0.207 e. The molecule has 1 aromatic carbocycles. The fourth-order valence-corrected chi connectivity index (χ4v) is 5.19. The topological polar surface area (TPSA) is 46.2 Å². The van der Waals surface area contributed by atoms with E-state index in [-0.39, 0.29) is 9.23 Å². The van der Waals surface area contributed by atoms with Gasteiger partial charge in [0.1, 0.15) is 0 Å². The highest BCUT2D eigenvalue weighted by Gasteiger charge is 2.39. The molecule has 2 aromatic rings. The van der Waals surface area contributed by atoms with Gasteiger partial charge in [-0.1, -0.05) is 76.2 Å². The second kappa shape index (κ2) is 7.03. The van der Waals surface area contributed by atoms with Crippen LogP contribution in [0.5, 0.6) is 0 Å². The minimum atomic E-state index is -3.90. The minimum absolute atomic E-state index is 0.0479. The molecule has 0 spiro atoms. The quantitative estimate of drug-likeness (QED) is 0.645. The molecular weight excluding hydrogens is 432 g/mol. The predicted octanol–water partition coefficient (Wildman–Crippen LogP) is 5.44. The Morgan fingerprint density at radius 1 is 1.09 bits per heavy atom. The summed E-state index contributed by atoms with van der Waals surface area (Å²) >= 11 is 30.7. The summed E-state index contributed by atoms with van der Waals surface area (Å²) < 4.78 is 25.9. The molecule has 1 atom stereocenters. The highest BCUT2D eigenvalue weighted by atomic mass is 35.6. The zero-order chi connectivity index (χ0) is 16.5. The van der Waals surface area contributed by atoms with E-state index in [9.17, 15) is 8.42 Å². The van der Waals surface area contributed by atoms with Crippen molar-refractivity contribution >= 4 is 79.4 Å². The number of nitrogens with one attached hydrogen (secondary N) is 1. The number of hydrogen-bond donors (Lipinski definition) is 1. The van der Waals surface area contributed by atoms with Crippen LogP contribution >= 0.6 is 69.3 Å². The summed E-state index contributed by atoms with van der Waals surface area (Å²) in [5.74, 6) is 0. The van der Waals surface area contributed by atoms with Gasteiger partial charge in [-0.05, 0) is 18.2 Å². The van der Waals surface area contributed by atoms with E-state index in [1.54, 1.807) is 18.2 Å². The Kier molecular flexibility index (Phi) is 5.95. The highest BCUT2D eigenvalue weighted by molar-refractivity contribution is 7.89. The molecule has 1 N–H and O–H groups in total. The van der Waals surface area contributed by atoms with E-state index >= 15 is 0 Å². The Morgan fingerprint density at radius 3 is 2.14 bits per heavy atom. The van der Waals surface area contributed by atoms with Crippen LogP contribution in [0.1, 0.15) is 11.6 Å². The molecule has 10 heteroatoms. The lowest BCUT2D eigenvalue weighted by molar-refractivity contribution is 0.559. The summed E-state index contributed by atoms with van der Waals surface area (Å²) in [4.78, 5) is 0.0479. The second-order valence-electron chi connectivity index (χ2n) is 4.19. The van der Waals surface area contributed by atoms with Crippen molar-refractivity contribution in [2.24, 2.45) is 0 Å². The van der Waals surface area contributed by atoms with Gasteiger partial charge >= 0.3 is 0 Å². The summed E-state index contributed by atoms with van der Waals surface area (Å²) in [6.45, 7) is 0. The van der Waals surface area contributed by atoms with E-state index in [1.807, 2.05) is 0 Å². The number of hydrogen-bond acceptors (Lipinski definition) is 3. The van der Waals surface area contributed by atoms with Gasteiger partial charge in [-0.15, -0.1) is 11.3 Å². The van der Waals surface area contributed by atoms with Gasteiger partial charge < -0.3 is 0 Å². The first kappa shape index (κ1) is 18.6. The SMILES string of the molecule is O=S(=O)(NC(c1cc(Cl)sc1Cl)C(Cl)(Cl)Cl)c1ccccc1. The third kappa shape index (κ3) is 4.42. The number of thiophene rings is 1. The fraction of sp³-hybridized carbons (Fsp3) is 0.167. The average Bonchev–Trinajstić information content (AvgIpc) is 2.74. The number of benzene rings is 1. The van der Waals surface area contributed by atoms with Gasteiger partial charge in [-0.2, -0.15) is 4.72 Å². The molecular formula is C12H8Cl5NO2S2. The zero-order valence-electron chi connectivity index (χ0n) is 10.6. The molecule has 0 saturated carbocycles. The maximum absolute atomic E-state index is 12.4. The summed E-state index contributed by atoms with van der Waals surface area (Å²) in [5.41, 5.74) is 0.302. The lowest BCUT2D eigenvalue weighted by Gasteiger charge is -2.25. The molecule has 3 nitrogen and oxygen atoms in total. The molecule has 0 aliphatic rings. The maximum atomic E-state index is 12.4. The van der Waals surface area contributed by atoms with Crippen molar-refractivity contribution in [1.29, 1.82) is 0 Å². The first-order chi connectivity index (χ1) is 10.1. The number of rotatable bonds is 4. The van der Waals surface area contributed by atoms with Crippen molar-refractivity contribution in [3.05, 3.63) is 50.6 Å². The normalized spacial score (nSPS) is 14.0. The Bertz CT molecular complexity index is 756. The molecule has 0 amide bonds. The smallest absolute Gasteiger partial charge is 0.207 e. The summed E-state index contributed by atoms with van der Waals surface area (Å²) in [6.07, 6.45) is 0. The molecule has 0 fully saturated rings. The van der Waals surface area contributed by atoms with Gasteiger partial charge in [-0.3, -0.25) is 0 Å². The lowest BCUT2D eigenvalue weighted by Crippen LogP contribution is -2.36. The van der Waals surface area contributed by atoms with Gasteiger partial charge in [0.25, 0.3) is 0 Å². The molecule has 1 unspecified atom stereocenters. The van der Waals surface area contributed by atoms with Crippen LogP contribution in [-0.2, 0) is 10.0 Å².